The number of nitrogens with one attached hydrogen (secondary N) is 1. The Kier molecular flexibility index (Phi) is 3.10. The van der Waals surface area contributed by atoms with Crippen molar-refractivity contribution < 1.29 is 0 Å². The molecule has 3 nitrogen and oxygen atoms in total. The van der Waals surface area contributed by atoms with E-state index in [2.05, 4.69) is 16.3 Å². The molecular formula is C10H15N3. The average Bonchev–Trinajstić information content (AvgIpc) is 2.45. The molecule has 0 aliphatic heterocycles. The standard InChI is InChI=1S/C10H15N3/c1-5-10(11-6-2)9-7-12-13(4)8(9)3/h1,7,10-11H,6H2,2-4H3. The Morgan fingerprint density at radius 1 is 1.77 bits per heavy atom. The van der Waals surface area contributed by atoms with Gasteiger partial charge >= 0.3 is 0 Å². The molecule has 1 aromatic rings. The quantitative estimate of drug-likeness (QED) is 0.698. The number of aromatic nitrogens is 2. The molecule has 0 fully saturated rings. The van der Waals surface area contributed by atoms with Crippen LogP contribution < -0.4 is 5.32 Å². The molecule has 1 N–H and O–H groups in total. The van der Waals surface area contributed by atoms with Gasteiger partial charge < -0.3 is 5.32 Å². The van der Waals surface area contributed by atoms with Crippen molar-refractivity contribution in [1.82, 2.24) is 15.1 Å². The fourth-order valence-corrected chi connectivity index (χ4v) is 1.26. The molecule has 0 bridgehead atoms. The van der Waals surface area contributed by atoms with E-state index in [1.54, 1.807) is 0 Å². The smallest absolute Gasteiger partial charge is 0.0976 e. The largest absolute Gasteiger partial charge is 0.300 e. The van der Waals surface area contributed by atoms with Crippen LogP contribution >= 0.6 is 0 Å². The number of hydrogen-bond donors (Lipinski definition) is 1. The average molecular weight is 177 g/mol. The van der Waals surface area contributed by atoms with Crippen LogP contribution in [0, 0.1) is 19.3 Å². The molecule has 0 spiro atoms. The highest BCUT2D eigenvalue weighted by Gasteiger charge is 2.12. The van der Waals surface area contributed by atoms with E-state index in [0.29, 0.717) is 0 Å². The molecule has 1 aromatic heterocycles. The highest BCUT2D eigenvalue weighted by Crippen LogP contribution is 2.15. The number of terminal acetylenes is 1. The van der Waals surface area contributed by atoms with E-state index in [-0.39, 0.29) is 6.04 Å². The van der Waals surface area contributed by atoms with Gasteiger partial charge in [0.2, 0.25) is 0 Å². The Morgan fingerprint density at radius 2 is 2.46 bits per heavy atom. The topological polar surface area (TPSA) is 29.9 Å². The minimum absolute atomic E-state index is 0.0151. The normalized spacial score (nSPS) is 12.5. The molecule has 0 radical (unpaired) electrons. The highest BCUT2D eigenvalue weighted by atomic mass is 15.3. The van der Waals surface area contributed by atoms with E-state index in [1.807, 2.05) is 31.8 Å². The monoisotopic (exact) mass is 177 g/mol. The summed E-state index contributed by atoms with van der Waals surface area (Å²) in [6.07, 6.45) is 7.24. The van der Waals surface area contributed by atoms with E-state index in [0.717, 1.165) is 17.8 Å². The van der Waals surface area contributed by atoms with Crippen LogP contribution in [-0.4, -0.2) is 16.3 Å². The molecule has 0 saturated heterocycles. The van der Waals surface area contributed by atoms with E-state index in [4.69, 9.17) is 6.42 Å². The second-order valence-corrected chi connectivity index (χ2v) is 2.97. The van der Waals surface area contributed by atoms with Crippen LogP contribution in [0.4, 0.5) is 0 Å². The van der Waals surface area contributed by atoms with Crippen LogP contribution in [-0.2, 0) is 7.05 Å². The van der Waals surface area contributed by atoms with Crippen LogP contribution in [0.1, 0.15) is 24.2 Å². The number of hydrogen-bond acceptors (Lipinski definition) is 2. The number of rotatable bonds is 3. The van der Waals surface area contributed by atoms with Gasteiger partial charge in [0.15, 0.2) is 0 Å². The van der Waals surface area contributed by atoms with Gasteiger partial charge in [0, 0.05) is 18.3 Å². The summed E-state index contributed by atoms with van der Waals surface area (Å²) >= 11 is 0. The maximum atomic E-state index is 5.42. The molecule has 0 aromatic carbocycles. The first-order chi connectivity index (χ1) is 6.20. The van der Waals surface area contributed by atoms with Gasteiger partial charge in [-0.3, -0.25) is 4.68 Å². The minimum atomic E-state index is -0.0151. The zero-order valence-corrected chi connectivity index (χ0v) is 8.33. The van der Waals surface area contributed by atoms with Crippen molar-refractivity contribution in [2.75, 3.05) is 6.54 Å². The Morgan fingerprint density at radius 3 is 2.85 bits per heavy atom. The maximum Gasteiger partial charge on any atom is 0.0976 e. The predicted octanol–water partition coefficient (Wildman–Crippen LogP) is 1.01. The Balaban J connectivity index is 2.93. The molecule has 0 aliphatic carbocycles. The third kappa shape index (κ3) is 1.90. The zero-order valence-electron chi connectivity index (χ0n) is 8.33. The van der Waals surface area contributed by atoms with Gasteiger partial charge in [0.25, 0.3) is 0 Å². The third-order valence-electron chi connectivity index (χ3n) is 2.16. The van der Waals surface area contributed by atoms with Crippen molar-refractivity contribution >= 4 is 0 Å². The van der Waals surface area contributed by atoms with Crippen molar-refractivity contribution in [1.29, 1.82) is 0 Å². The summed E-state index contributed by atoms with van der Waals surface area (Å²) in [5.74, 6) is 2.71. The van der Waals surface area contributed by atoms with Crippen molar-refractivity contribution in [3.05, 3.63) is 17.5 Å². The predicted molar refractivity (Wildman–Crippen MR) is 53.2 cm³/mol. The van der Waals surface area contributed by atoms with Gasteiger partial charge in [-0.15, -0.1) is 6.42 Å². The SMILES string of the molecule is C#CC(NCC)c1cnn(C)c1C. The van der Waals surface area contributed by atoms with Gasteiger partial charge in [-0.25, -0.2) is 0 Å². The van der Waals surface area contributed by atoms with E-state index in [1.165, 1.54) is 0 Å². The van der Waals surface area contributed by atoms with Crippen molar-refractivity contribution in [3.63, 3.8) is 0 Å². The minimum Gasteiger partial charge on any atom is -0.300 e. The van der Waals surface area contributed by atoms with Gasteiger partial charge in [0.05, 0.1) is 12.2 Å². The first-order valence-electron chi connectivity index (χ1n) is 4.38. The summed E-state index contributed by atoms with van der Waals surface area (Å²) in [5, 5.41) is 7.36. The molecule has 0 amide bonds. The summed E-state index contributed by atoms with van der Waals surface area (Å²) < 4.78 is 1.83. The molecule has 1 unspecified atom stereocenters. The van der Waals surface area contributed by atoms with E-state index >= 15 is 0 Å². The summed E-state index contributed by atoms with van der Waals surface area (Å²) in [4.78, 5) is 0. The summed E-state index contributed by atoms with van der Waals surface area (Å²) in [7, 11) is 1.92. The van der Waals surface area contributed by atoms with E-state index in [9.17, 15) is 0 Å². The van der Waals surface area contributed by atoms with Gasteiger partial charge in [-0.05, 0) is 13.5 Å². The summed E-state index contributed by atoms with van der Waals surface area (Å²) in [5.41, 5.74) is 2.20. The first-order valence-corrected chi connectivity index (χ1v) is 4.38. The molecule has 1 rings (SSSR count). The lowest BCUT2D eigenvalue weighted by molar-refractivity contribution is 0.657. The van der Waals surface area contributed by atoms with Crippen LogP contribution in [0.5, 0.6) is 0 Å². The van der Waals surface area contributed by atoms with Crippen LogP contribution in [0.3, 0.4) is 0 Å². The molecular weight excluding hydrogens is 162 g/mol. The summed E-state index contributed by atoms with van der Waals surface area (Å²) in [6.45, 7) is 4.92. The van der Waals surface area contributed by atoms with Crippen LogP contribution in [0.2, 0.25) is 0 Å². The van der Waals surface area contributed by atoms with Gasteiger partial charge in [0.1, 0.15) is 0 Å². The van der Waals surface area contributed by atoms with Crippen molar-refractivity contribution in [2.45, 2.75) is 19.9 Å². The van der Waals surface area contributed by atoms with Gasteiger partial charge in [-0.1, -0.05) is 12.8 Å². The fourth-order valence-electron chi connectivity index (χ4n) is 1.26. The Labute approximate surface area is 79.1 Å². The first kappa shape index (κ1) is 9.82. The molecule has 0 saturated carbocycles. The second kappa shape index (κ2) is 4.11. The lowest BCUT2D eigenvalue weighted by Gasteiger charge is -2.10. The van der Waals surface area contributed by atoms with Crippen LogP contribution in [0.15, 0.2) is 6.20 Å². The molecule has 0 aliphatic rings. The fraction of sp³-hybridized carbons (Fsp3) is 0.500. The maximum absolute atomic E-state index is 5.42. The van der Waals surface area contributed by atoms with Crippen molar-refractivity contribution in [2.24, 2.45) is 7.05 Å². The Hall–Kier alpha value is -1.27. The lowest BCUT2D eigenvalue weighted by atomic mass is 10.1. The highest BCUT2D eigenvalue weighted by molar-refractivity contribution is 5.27. The van der Waals surface area contributed by atoms with Crippen LogP contribution in [0.25, 0.3) is 0 Å². The number of nitrogens with zero attached hydrogens (tertiary/aromatic N) is 2. The Bertz CT molecular complexity index is 319. The number of aryl methyl sites for hydroxylation is 1. The van der Waals surface area contributed by atoms with Crippen molar-refractivity contribution in [3.8, 4) is 12.3 Å². The summed E-state index contributed by atoms with van der Waals surface area (Å²) in [6, 6.07) is -0.0151. The molecule has 70 valence electrons. The third-order valence-corrected chi connectivity index (χ3v) is 2.16. The van der Waals surface area contributed by atoms with E-state index < -0.39 is 0 Å². The molecule has 3 heteroatoms. The second-order valence-electron chi connectivity index (χ2n) is 2.97. The molecule has 13 heavy (non-hydrogen) atoms. The van der Waals surface area contributed by atoms with Gasteiger partial charge in [-0.2, -0.15) is 5.10 Å². The lowest BCUT2D eigenvalue weighted by Crippen LogP contribution is -2.19. The molecule has 1 atom stereocenters. The zero-order chi connectivity index (χ0) is 9.84. The molecule has 1 heterocycles.